The van der Waals surface area contributed by atoms with Crippen LogP contribution in [0.4, 0.5) is 0 Å². The fourth-order valence-corrected chi connectivity index (χ4v) is 4.27. The predicted octanol–water partition coefficient (Wildman–Crippen LogP) is 3.72. The second-order valence-electron chi connectivity index (χ2n) is 6.89. The van der Waals surface area contributed by atoms with Gasteiger partial charge >= 0.3 is 0 Å². The van der Waals surface area contributed by atoms with Crippen molar-refractivity contribution >= 4 is 44.4 Å². The molecule has 2 aromatic carbocycles. The Labute approximate surface area is 183 Å². The summed E-state index contributed by atoms with van der Waals surface area (Å²) in [5.41, 5.74) is 3.05. The van der Waals surface area contributed by atoms with Crippen LogP contribution < -0.4 is 15.7 Å². The molecule has 0 radical (unpaired) electrons. The molecular formula is C23H22N4O3S. The second kappa shape index (κ2) is 9.09. The first-order valence-corrected chi connectivity index (χ1v) is 10.9. The van der Waals surface area contributed by atoms with Gasteiger partial charge in [-0.05, 0) is 36.2 Å². The number of hydrogen-bond acceptors (Lipinski definition) is 6. The maximum atomic E-state index is 12.6. The van der Waals surface area contributed by atoms with E-state index in [4.69, 9.17) is 4.74 Å². The van der Waals surface area contributed by atoms with Crippen LogP contribution in [-0.2, 0) is 17.8 Å². The lowest BCUT2D eigenvalue weighted by Gasteiger charge is -2.10. The van der Waals surface area contributed by atoms with Gasteiger partial charge in [-0.15, -0.1) is 11.3 Å². The smallest absolute Gasteiger partial charge is 0.262 e. The van der Waals surface area contributed by atoms with Crippen molar-refractivity contribution in [3.05, 3.63) is 69.6 Å². The van der Waals surface area contributed by atoms with Crippen molar-refractivity contribution in [2.24, 2.45) is 5.10 Å². The van der Waals surface area contributed by atoms with Gasteiger partial charge in [0.2, 0.25) is 0 Å². The topological polar surface area (TPSA) is 85.6 Å². The van der Waals surface area contributed by atoms with Crippen LogP contribution in [0, 0.1) is 0 Å². The molecule has 1 N–H and O–H groups in total. The van der Waals surface area contributed by atoms with Crippen molar-refractivity contribution in [3.63, 3.8) is 0 Å². The molecule has 4 rings (SSSR count). The highest BCUT2D eigenvalue weighted by atomic mass is 32.1. The van der Waals surface area contributed by atoms with E-state index in [2.05, 4.69) is 15.5 Å². The van der Waals surface area contributed by atoms with Crippen LogP contribution in [0.25, 0.3) is 21.0 Å². The number of fused-ring (bicyclic) bond motifs is 2. The molecule has 7 nitrogen and oxygen atoms in total. The van der Waals surface area contributed by atoms with Gasteiger partial charge in [0, 0.05) is 10.4 Å². The number of nitrogens with zero attached hydrogens (tertiary/aromatic N) is 3. The summed E-state index contributed by atoms with van der Waals surface area (Å²) in [4.78, 5) is 31.1. The van der Waals surface area contributed by atoms with Crippen molar-refractivity contribution in [1.82, 2.24) is 15.0 Å². The second-order valence-corrected chi connectivity index (χ2v) is 8.00. The van der Waals surface area contributed by atoms with E-state index in [1.165, 1.54) is 22.2 Å². The van der Waals surface area contributed by atoms with E-state index in [-0.39, 0.29) is 12.1 Å². The summed E-state index contributed by atoms with van der Waals surface area (Å²) in [6.07, 6.45) is 3.82. The number of aromatic nitrogens is 2. The minimum absolute atomic E-state index is 0.162. The van der Waals surface area contributed by atoms with Gasteiger partial charge in [0.05, 0.1) is 24.5 Å². The van der Waals surface area contributed by atoms with E-state index in [9.17, 15) is 9.59 Å². The number of carbonyl (C=O) groups excluding carboxylic acids is 1. The maximum absolute atomic E-state index is 12.6. The van der Waals surface area contributed by atoms with E-state index >= 15 is 0 Å². The third kappa shape index (κ3) is 4.34. The number of rotatable bonds is 7. The number of hydrogen-bond donors (Lipinski definition) is 1. The lowest BCUT2D eigenvalue weighted by Crippen LogP contribution is -2.29. The molecule has 158 valence electrons. The van der Waals surface area contributed by atoms with Crippen LogP contribution in [0.3, 0.4) is 0 Å². The summed E-state index contributed by atoms with van der Waals surface area (Å²) in [5, 5.41) is 6.66. The third-order valence-corrected chi connectivity index (χ3v) is 6.03. The minimum atomic E-state index is -0.413. The average Bonchev–Trinajstić information content (AvgIpc) is 3.21. The molecule has 0 spiro atoms. The van der Waals surface area contributed by atoms with Crippen LogP contribution in [0.1, 0.15) is 24.3 Å². The molecule has 0 aliphatic heterocycles. The van der Waals surface area contributed by atoms with Gasteiger partial charge in [-0.3, -0.25) is 14.2 Å². The van der Waals surface area contributed by atoms with Crippen molar-refractivity contribution < 1.29 is 9.53 Å². The number of amides is 1. The fourth-order valence-electron chi connectivity index (χ4n) is 3.35. The molecule has 1 amide bonds. The molecule has 0 unspecified atom stereocenters. The molecule has 0 saturated heterocycles. The zero-order valence-corrected chi connectivity index (χ0v) is 18.1. The Morgan fingerprint density at radius 2 is 2.06 bits per heavy atom. The molecule has 0 fully saturated rings. The first-order chi connectivity index (χ1) is 15.1. The van der Waals surface area contributed by atoms with Gasteiger partial charge in [-0.2, -0.15) is 5.10 Å². The molecule has 0 atom stereocenters. The number of ether oxygens (including phenoxy) is 1. The SMILES string of the molecule is CCOc1ccc2ccccc2c1/C=N\NC(=O)Cn1cnc2sc(CC)cc2c1=O. The Bertz CT molecular complexity index is 1340. The molecule has 4 aromatic rings. The van der Waals surface area contributed by atoms with Gasteiger partial charge in [0.1, 0.15) is 17.1 Å². The summed E-state index contributed by atoms with van der Waals surface area (Å²) in [6, 6.07) is 13.6. The Balaban J connectivity index is 1.53. The van der Waals surface area contributed by atoms with E-state index in [0.29, 0.717) is 22.6 Å². The zero-order chi connectivity index (χ0) is 21.8. The lowest BCUT2D eigenvalue weighted by molar-refractivity contribution is -0.121. The van der Waals surface area contributed by atoms with E-state index in [1.807, 2.05) is 56.3 Å². The summed E-state index contributed by atoms with van der Waals surface area (Å²) in [6.45, 7) is 4.30. The van der Waals surface area contributed by atoms with Crippen LogP contribution in [0.15, 0.2) is 58.7 Å². The van der Waals surface area contributed by atoms with Crippen molar-refractivity contribution in [1.29, 1.82) is 0 Å². The van der Waals surface area contributed by atoms with Gasteiger partial charge in [-0.1, -0.05) is 37.3 Å². The molecule has 31 heavy (non-hydrogen) atoms. The average molecular weight is 435 g/mol. The molecular weight excluding hydrogens is 412 g/mol. The van der Waals surface area contributed by atoms with E-state index < -0.39 is 5.91 Å². The molecule has 0 aliphatic rings. The fraction of sp³-hybridized carbons (Fsp3) is 0.217. The van der Waals surface area contributed by atoms with Crippen molar-refractivity contribution in [2.45, 2.75) is 26.8 Å². The van der Waals surface area contributed by atoms with Crippen LogP contribution >= 0.6 is 11.3 Å². The van der Waals surface area contributed by atoms with Gasteiger partial charge in [0.25, 0.3) is 11.5 Å². The third-order valence-electron chi connectivity index (χ3n) is 4.84. The predicted molar refractivity (Wildman–Crippen MR) is 124 cm³/mol. The molecule has 0 saturated carbocycles. The quantitative estimate of drug-likeness (QED) is 0.355. The molecule has 2 heterocycles. The number of nitrogens with one attached hydrogen (secondary N) is 1. The van der Waals surface area contributed by atoms with Crippen LogP contribution in [-0.4, -0.2) is 28.3 Å². The number of benzene rings is 2. The first-order valence-electron chi connectivity index (χ1n) is 10.0. The van der Waals surface area contributed by atoms with Gasteiger partial charge in [-0.25, -0.2) is 10.4 Å². The van der Waals surface area contributed by atoms with E-state index in [1.54, 1.807) is 6.21 Å². The highest BCUT2D eigenvalue weighted by Crippen LogP contribution is 2.26. The summed E-state index contributed by atoms with van der Waals surface area (Å²) < 4.78 is 7.00. The number of aryl methyl sites for hydroxylation is 1. The lowest BCUT2D eigenvalue weighted by atomic mass is 10.0. The summed E-state index contributed by atoms with van der Waals surface area (Å²) in [7, 11) is 0. The van der Waals surface area contributed by atoms with Crippen LogP contribution in [0.2, 0.25) is 0 Å². The van der Waals surface area contributed by atoms with Gasteiger partial charge < -0.3 is 4.74 Å². The largest absolute Gasteiger partial charge is 0.493 e. The highest BCUT2D eigenvalue weighted by Gasteiger charge is 2.11. The Morgan fingerprint density at radius 3 is 2.87 bits per heavy atom. The monoisotopic (exact) mass is 434 g/mol. The zero-order valence-electron chi connectivity index (χ0n) is 17.3. The van der Waals surface area contributed by atoms with E-state index in [0.717, 1.165) is 27.6 Å². The minimum Gasteiger partial charge on any atom is -0.493 e. The van der Waals surface area contributed by atoms with Crippen molar-refractivity contribution in [2.75, 3.05) is 6.61 Å². The first kappa shape index (κ1) is 20.7. The maximum Gasteiger partial charge on any atom is 0.262 e. The number of thiophene rings is 1. The van der Waals surface area contributed by atoms with Gasteiger partial charge in [0.15, 0.2) is 0 Å². The number of hydrazone groups is 1. The molecule has 0 aliphatic carbocycles. The standard InChI is InChI=1S/C23H22N4O3S/c1-3-16-11-18-22(31-16)24-14-27(23(18)29)13-21(28)26-25-12-19-17-8-6-5-7-15(17)9-10-20(19)30-4-2/h5-12,14H,3-4,13H2,1-2H3,(H,26,28)/b25-12-. The summed E-state index contributed by atoms with van der Waals surface area (Å²) in [5.74, 6) is 0.276. The Morgan fingerprint density at radius 1 is 1.23 bits per heavy atom. The molecule has 0 bridgehead atoms. The van der Waals surface area contributed by atoms with Crippen LogP contribution in [0.5, 0.6) is 5.75 Å². The Hall–Kier alpha value is -3.52. The normalized spacial score (nSPS) is 11.4. The summed E-state index contributed by atoms with van der Waals surface area (Å²) >= 11 is 1.50. The molecule has 8 heteroatoms. The number of carbonyl (C=O) groups is 1. The molecule has 2 aromatic heterocycles. The van der Waals surface area contributed by atoms with Crippen molar-refractivity contribution in [3.8, 4) is 5.75 Å². The highest BCUT2D eigenvalue weighted by molar-refractivity contribution is 7.18. The Kier molecular flexibility index (Phi) is 6.08.